The second-order valence-corrected chi connectivity index (χ2v) is 6.87. The number of carbonyl (C=O) groups excluding carboxylic acids is 2. The number of unbranched alkanes of at least 4 members (excludes halogenated alkanes) is 1. The Morgan fingerprint density at radius 3 is 2.64 bits per heavy atom. The molecule has 146 valence electrons. The molecule has 2 aromatic carbocycles. The van der Waals surface area contributed by atoms with Crippen molar-refractivity contribution >= 4 is 23.3 Å². The number of rotatable bonds is 9. The fourth-order valence-corrected chi connectivity index (χ4v) is 3.27. The minimum atomic E-state index is -0.620. The number of aldehydes is 1. The van der Waals surface area contributed by atoms with Crippen LogP contribution in [0.5, 0.6) is 0 Å². The van der Waals surface area contributed by atoms with Crippen molar-refractivity contribution in [2.45, 2.75) is 38.8 Å². The predicted molar refractivity (Wildman–Crippen MR) is 110 cm³/mol. The lowest BCUT2D eigenvalue weighted by molar-refractivity contribution is -0.109. The second-order valence-electron chi connectivity index (χ2n) is 6.87. The Morgan fingerprint density at radius 2 is 1.89 bits per heavy atom. The van der Waals surface area contributed by atoms with Crippen molar-refractivity contribution in [3.8, 4) is 0 Å². The Bertz CT molecular complexity index is 918. The molecular weight excluding hydrogens is 352 g/mol. The zero-order valence-electron chi connectivity index (χ0n) is 16.1. The number of amides is 1. The van der Waals surface area contributed by atoms with E-state index in [-0.39, 0.29) is 0 Å². The summed E-state index contributed by atoms with van der Waals surface area (Å²) in [6.07, 6.45) is 4.48. The van der Waals surface area contributed by atoms with E-state index in [1.54, 1.807) is 0 Å². The quantitative estimate of drug-likeness (QED) is 0.445. The maximum Gasteiger partial charge on any atom is 0.407 e. The molecule has 0 fully saturated rings. The number of alkyl carbamates (subject to hydrolysis) is 1. The second kappa shape index (κ2) is 9.74. The van der Waals surface area contributed by atoms with Gasteiger partial charge in [0.25, 0.3) is 0 Å². The average molecular weight is 378 g/mol. The van der Waals surface area contributed by atoms with Crippen molar-refractivity contribution in [1.29, 1.82) is 0 Å². The summed E-state index contributed by atoms with van der Waals surface area (Å²) in [5.41, 5.74) is 3.34. The minimum absolute atomic E-state index is 0.365. The molecule has 0 bridgehead atoms. The van der Waals surface area contributed by atoms with Gasteiger partial charge in [-0.2, -0.15) is 0 Å². The lowest BCUT2D eigenvalue weighted by Gasteiger charge is -2.12. The summed E-state index contributed by atoms with van der Waals surface area (Å²) in [6.45, 7) is 3.14. The molecular formula is C23H26N2O3. The monoisotopic (exact) mass is 378 g/mol. The molecule has 5 heteroatoms. The molecule has 1 aromatic heterocycles. The van der Waals surface area contributed by atoms with E-state index >= 15 is 0 Å². The summed E-state index contributed by atoms with van der Waals surface area (Å²) >= 11 is 0. The lowest BCUT2D eigenvalue weighted by atomic mass is 10.1. The number of nitrogens with zero attached hydrogens (tertiary/aromatic N) is 1. The van der Waals surface area contributed by atoms with Gasteiger partial charge >= 0.3 is 6.09 Å². The number of aromatic nitrogens is 1. The average Bonchev–Trinajstić information content (AvgIpc) is 3.06. The molecule has 3 aromatic rings. The molecule has 1 heterocycles. The van der Waals surface area contributed by atoms with Gasteiger partial charge in [-0.3, -0.25) is 0 Å². The molecule has 0 saturated heterocycles. The first-order chi connectivity index (χ1) is 13.7. The summed E-state index contributed by atoms with van der Waals surface area (Å²) in [7, 11) is 0. The Kier molecular flexibility index (Phi) is 6.84. The van der Waals surface area contributed by atoms with E-state index in [2.05, 4.69) is 34.3 Å². The van der Waals surface area contributed by atoms with Crippen LogP contribution in [0.25, 0.3) is 10.9 Å². The van der Waals surface area contributed by atoms with Gasteiger partial charge < -0.3 is 19.4 Å². The van der Waals surface area contributed by atoms with Gasteiger partial charge in [0, 0.05) is 30.1 Å². The fourth-order valence-electron chi connectivity index (χ4n) is 3.27. The molecule has 1 amide bonds. The standard InChI is InChI=1S/C23H26N2O3/c1-2-3-13-28-23(27)24-20(17-26)14-19-16-25(15-18-9-5-4-6-10-18)22-12-8-7-11-21(19)22/h4-12,16-17,20H,2-3,13-15H2,1H3,(H,24,27)/t20-/m0/s1. The zero-order chi connectivity index (χ0) is 19.8. The molecule has 0 aliphatic heterocycles. The van der Waals surface area contributed by atoms with Crippen LogP contribution >= 0.6 is 0 Å². The summed E-state index contributed by atoms with van der Waals surface area (Å²) in [6, 6.07) is 17.7. The molecule has 28 heavy (non-hydrogen) atoms. The van der Waals surface area contributed by atoms with Crippen LogP contribution in [0.4, 0.5) is 4.79 Å². The Balaban J connectivity index is 1.76. The van der Waals surface area contributed by atoms with Crippen LogP contribution in [0.1, 0.15) is 30.9 Å². The third-order valence-corrected chi connectivity index (χ3v) is 4.71. The van der Waals surface area contributed by atoms with E-state index in [1.165, 1.54) is 5.56 Å². The van der Waals surface area contributed by atoms with Crippen molar-refractivity contribution in [1.82, 2.24) is 9.88 Å². The van der Waals surface area contributed by atoms with Crippen LogP contribution in [-0.4, -0.2) is 29.6 Å². The largest absolute Gasteiger partial charge is 0.450 e. The summed E-state index contributed by atoms with van der Waals surface area (Å²) in [5.74, 6) is 0. The molecule has 0 aliphatic rings. The molecule has 5 nitrogen and oxygen atoms in total. The highest BCUT2D eigenvalue weighted by Gasteiger charge is 2.16. The number of ether oxygens (including phenoxy) is 1. The smallest absolute Gasteiger partial charge is 0.407 e. The van der Waals surface area contributed by atoms with Crippen LogP contribution < -0.4 is 5.32 Å². The van der Waals surface area contributed by atoms with Gasteiger partial charge in [-0.05, 0) is 23.6 Å². The fraction of sp³-hybridized carbons (Fsp3) is 0.304. The highest BCUT2D eigenvalue weighted by Crippen LogP contribution is 2.23. The van der Waals surface area contributed by atoms with Gasteiger partial charge in [0.2, 0.25) is 0 Å². The molecule has 0 saturated carbocycles. The molecule has 3 rings (SSSR count). The number of carbonyl (C=O) groups is 2. The normalized spacial score (nSPS) is 11.9. The zero-order valence-corrected chi connectivity index (χ0v) is 16.1. The topological polar surface area (TPSA) is 60.3 Å². The van der Waals surface area contributed by atoms with Gasteiger partial charge in [-0.1, -0.05) is 61.9 Å². The number of nitrogens with one attached hydrogen (secondary N) is 1. The highest BCUT2D eigenvalue weighted by atomic mass is 16.5. The van der Waals surface area contributed by atoms with Crippen molar-refractivity contribution in [3.05, 3.63) is 71.9 Å². The van der Waals surface area contributed by atoms with E-state index in [0.29, 0.717) is 13.0 Å². The first kappa shape index (κ1) is 19.7. The molecule has 1 N–H and O–H groups in total. The van der Waals surface area contributed by atoms with Gasteiger partial charge in [0.1, 0.15) is 6.29 Å². The van der Waals surface area contributed by atoms with Crippen LogP contribution in [0.2, 0.25) is 0 Å². The number of fused-ring (bicyclic) bond motifs is 1. The molecule has 0 unspecified atom stereocenters. The molecule has 0 aliphatic carbocycles. The maximum absolute atomic E-state index is 11.9. The number of para-hydroxylation sites is 1. The van der Waals surface area contributed by atoms with Crippen molar-refractivity contribution in [2.75, 3.05) is 6.61 Å². The Morgan fingerprint density at radius 1 is 1.14 bits per heavy atom. The summed E-state index contributed by atoms with van der Waals surface area (Å²) in [4.78, 5) is 23.4. The third-order valence-electron chi connectivity index (χ3n) is 4.71. The Hall–Kier alpha value is -3.08. The predicted octanol–water partition coefficient (Wildman–Crippen LogP) is 4.33. The first-order valence-electron chi connectivity index (χ1n) is 9.70. The summed E-state index contributed by atoms with van der Waals surface area (Å²) in [5, 5.41) is 3.75. The first-order valence-corrected chi connectivity index (χ1v) is 9.70. The van der Waals surface area contributed by atoms with Crippen molar-refractivity contribution in [2.24, 2.45) is 0 Å². The number of benzene rings is 2. The van der Waals surface area contributed by atoms with E-state index in [0.717, 1.165) is 42.1 Å². The maximum atomic E-state index is 11.9. The van der Waals surface area contributed by atoms with Gasteiger partial charge in [0.15, 0.2) is 0 Å². The van der Waals surface area contributed by atoms with Gasteiger partial charge in [-0.25, -0.2) is 4.79 Å². The van der Waals surface area contributed by atoms with E-state index < -0.39 is 12.1 Å². The molecule has 0 radical (unpaired) electrons. The van der Waals surface area contributed by atoms with Crippen LogP contribution in [0.15, 0.2) is 60.8 Å². The van der Waals surface area contributed by atoms with E-state index in [9.17, 15) is 9.59 Å². The highest BCUT2D eigenvalue weighted by molar-refractivity contribution is 5.85. The minimum Gasteiger partial charge on any atom is -0.450 e. The SMILES string of the molecule is CCCCOC(=O)N[C@H](C=O)Cc1cn(Cc2ccccc2)c2ccccc12. The van der Waals surface area contributed by atoms with Crippen molar-refractivity contribution in [3.63, 3.8) is 0 Å². The summed E-state index contributed by atoms with van der Waals surface area (Å²) < 4.78 is 7.29. The molecule has 1 atom stereocenters. The van der Waals surface area contributed by atoms with Crippen LogP contribution in [0.3, 0.4) is 0 Å². The van der Waals surface area contributed by atoms with Gasteiger partial charge in [0.05, 0.1) is 12.6 Å². The number of hydrogen-bond acceptors (Lipinski definition) is 3. The van der Waals surface area contributed by atoms with Crippen molar-refractivity contribution < 1.29 is 14.3 Å². The molecule has 0 spiro atoms. The van der Waals surface area contributed by atoms with Crippen LogP contribution in [-0.2, 0) is 22.5 Å². The number of hydrogen-bond donors (Lipinski definition) is 1. The van der Waals surface area contributed by atoms with E-state index in [1.807, 2.05) is 43.3 Å². The third kappa shape index (κ3) is 5.00. The Labute approximate surface area is 165 Å². The van der Waals surface area contributed by atoms with Gasteiger partial charge in [-0.15, -0.1) is 0 Å². The van der Waals surface area contributed by atoms with Crippen LogP contribution in [0, 0.1) is 0 Å². The lowest BCUT2D eigenvalue weighted by Crippen LogP contribution is -2.38. The van der Waals surface area contributed by atoms with E-state index in [4.69, 9.17) is 4.74 Å².